The molecule has 0 saturated heterocycles. The molecule has 0 amide bonds. The third kappa shape index (κ3) is 5.45. The molecular formula is C25H30N6. The minimum absolute atomic E-state index is 0.0496. The van der Waals surface area contributed by atoms with Crippen molar-refractivity contribution in [1.82, 2.24) is 30.0 Å². The summed E-state index contributed by atoms with van der Waals surface area (Å²) in [6.45, 7) is 10.8. The molecule has 160 valence electrons. The van der Waals surface area contributed by atoms with Crippen LogP contribution in [-0.2, 0) is 13.1 Å². The van der Waals surface area contributed by atoms with Crippen molar-refractivity contribution in [2.24, 2.45) is 10.8 Å². The topological polar surface area (TPSA) is 61.4 Å². The summed E-state index contributed by atoms with van der Waals surface area (Å²) in [5.74, 6) is 0. The average Bonchev–Trinajstić information content (AvgIpc) is 3.37. The van der Waals surface area contributed by atoms with E-state index in [4.69, 9.17) is 0 Å². The molecule has 0 unspecified atom stereocenters. The zero-order valence-electron chi connectivity index (χ0n) is 18.7. The maximum atomic E-state index is 4.37. The summed E-state index contributed by atoms with van der Waals surface area (Å²) in [6.07, 6.45) is 5.09. The molecule has 4 rings (SSSR count). The lowest BCUT2D eigenvalue weighted by Gasteiger charge is -2.34. The largest absolute Gasteiger partial charge is 0.251 e. The Kier molecular flexibility index (Phi) is 5.72. The van der Waals surface area contributed by atoms with E-state index in [2.05, 4.69) is 72.6 Å². The van der Waals surface area contributed by atoms with Gasteiger partial charge >= 0.3 is 0 Å². The van der Waals surface area contributed by atoms with Crippen LogP contribution < -0.4 is 0 Å². The third-order valence-electron chi connectivity index (χ3n) is 5.35. The molecule has 31 heavy (non-hydrogen) atoms. The quantitative estimate of drug-likeness (QED) is 0.390. The molecule has 4 aromatic rings. The zero-order valence-corrected chi connectivity index (χ0v) is 18.7. The fourth-order valence-electron chi connectivity index (χ4n) is 4.52. The minimum atomic E-state index is 0.0496. The molecule has 0 atom stereocenters. The van der Waals surface area contributed by atoms with Crippen LogP contribution in [-0.4, -0.2) is 30.0 Å². The molecule has 6 nitrogen and oxygen atoms in total. The van der Waals surface area contributed by atoms with Crippen molar-refractivity contribution in [1.29, 1.82) is 0 Å². The number of aromatic nitrogens is 6. The fraction of sp³-hybridized carbons (Fsp3) is 0.360. The van der Waals surface area contributed by atoms with E-state index < -0.39 is 0 Å². The molecule has 0 radical (unpaired) electrons. The van der Waals surface area contributed by atoms with Crippen molar-refractivity contribution >= 4 is 0 Å². The first-order valence-corrected chi connectivity index (χ1v) is 10.7. The summed E-state index contributed by atoms with van der Waals surface area (Å²) < 4.78 is 3.92. The van der Waals surface area contributed by atoms with Crippen LogP contribution in [0.25, 0.3) is 22.5 Å². The van der Waals surface area contributed by atoms with Crippen LogP contribution in [0, 0.1) is 10.8 Å². The van der Waals surface area contributed by atoms with Gasteiger partial charge in [-0.15, -0.1) is 10.2 Å². The maximum absolute atomic E-state index is 4.37. The van der Waals surface area contributed by atoms with Gasteiger partial charge in [-0.1, -0.05) is 98.8 Å². The van der Waals surface area contributed by atoms with Crippen LogP contribution in [0.5, 0.6) is 0 Å². The predicted octanol–water partition coefficient (Wildman–Crippen LogP) is 5.35. The lowest BCUT2D eigenvalue weighted by molar-refractivity contribution is 0.142. The number of nitrogens with zero attached hydrogens (tertiary/aromatic N) is 6. The Morgan fingerprint density at radius 1 is 0.613 bits per heavy atom. The van der Waals surface area contributed by atoms with E-state index in [1.54, 1.807) is 0 Å². The molecule has 0 spiro atoms. The van der Waals surface area contributed by atoms with E-state index >= 15 is 0 Å². The van der Waals surface area contributed by atoms with Gasteiger partial charge in [0.1, 0.15) is 11.4 Å². The Morgan fingerprint density at radius 2 is 1.00 bits per heavy atom. The first-order chi connectivity index (χ1) is 14.8. The van der Waals surface area contributed by atoms with Gasteiger partial charge < -0.3 is 0 Å². The van der Waals surface area contributed by atoms with Gasteiger partial charge in [0.05, 0.1) is 12.4 Å². The van der Waals surface area contributed by atoms with Crippen molar-refractivity contribution < 1.29 is 0 Å². The van der Waals surface area contributed by atoms with E-state index in [1.807, 2.05) is 58.2 Å². The molecule has 2 aromatic heterocycles. The van der Waals surface area contributed by atoms with Crippen LogP contribution in [0.15, 0.2) is 73.1 Å². The van der Waals surface area contributed by atoms with E-state index in [9.17, 15) is 0 Å². The smallest absolute Gasteiger partial charge is 0.113 e. The molecular weight excluding hydrogens is 384 g/mol. The van der Waals surface area contributed by atoms with Gasteiger partial charge in [0.25, 0.3) is 0 Å². The molecule has 0 N–H and O–H groups in total. The Balaban J connectivity index is 1.40. The summed E-state index contributed by atoms with van der Waals surface area (Å²) in [6, 6.07) is 20.3. The Morgan fingerprint density at radius 3 is 1.39 bits per heavy atom. The monoisotopic (exact) mass is 414 g/mol. The lowest BCUT2D eigenvalue weighted by atomic mass is 9.75. The van der Waals surface area contributed by atoms with Gasteiger partial charge in [-0.2, -0.15) is 0 Å². The Hall–Kier alpha value is -3.28. The van der Waals surface area contributed by atoms with Crippen molar-refractivity contribution in [2.45, 2.75) is 47.2 Å². The zero-order chi connectivity index (χ0) is 21.9. The van der Waals surface area contributed by atoms with E-state index in [1.165, 1.54) is 0 Å². The van der Waals surface area contributed by atoms with Crippen LogP contribution in [0.4, 0.5) is 0 Å². The molecule has 0 aliphatic heterocycles. The SMILES string of the molecule is CC(C)(Cn1cc(-c2ccccc2)nn1)CC(C)(C)Cn1cc(-c2ccccc2)nn1. The van der Waals surface area contributed by atoms with E-state index in [0.29, 0.717) is 0 Å². The van der Waals surface area contributed by atoms with Crippen LogP contribution >= 0.6 is 0 Å². The van der Waals surface area contributed by atoms with Crippen LogP contribution in [0.3, 0.4) is 0 Å². The highest BCUT2D eigenvalue weighted by atomic mass is 15.4. The van der Waals surface area contributed by atoms with Gasteiger partial charge in [0, 0.05) is 24.2 Å². The molecule has 2 heterocycles. The van der Waals surface area contributed by atoms with Gasteiger partial charge in [-0.05, 0) is 17.3 Å². The number of hydrogen-bond donors (Lipinski definition) is 0. The van der Waals surface area contributed by atoms with Gasteiger partial charge in [0.2, 0.25) is 0 Å². The Bertz CT molecular complexity index is 1020. The number of hydrogen-bond acceptors (Lipinski definition) is 4. The first kappa shape index (κ1) is 21.0. The average molecular weight is 415 g/mol. The van der Waals surface area contributed by atoms with E-state index in [0.717, 1.165) is 42.0 Å². The maximum Gasteiger partial charge on any atom is 0.113 e. The molecule has 6 heteroatoms. The highest BCUT2D eigenvalue weighted by Crippen LogP contribution is 2.36. The third-order valence-corrected chi connectivity index (χ3v) is 5.35. The molecule has 0 fully saturated rings. The van der Waals surface area contributed by atoms with Crippen molar-refractivity contribution in [3.05, 3.63) is 73.1 Å². The fourth-order valence-corrected chi connectivity index (χ4v) is 4.52. The molecule has 0 aliphatic rings. The second-order valence-electron chi connectivity index (χ2n) is 9.84. The lowest BCUT2D eigenvalue weighted by Crippen LogP contribution is -2.30. The van der Waals surface area contributed by atoms with E-state index in [-0.39, 0.29) is 10.8 Å². The summed E-state index contributed by atoms with van der Waals surface area (Å²) in [5.41, 5.74) is 4.10. The molecule has 0 aliphatic carbocycles. The minimum Gasteiger partial charge on any atom is -0.251 e. The van der Waals surface area contributed by atoms with Crippen molar-refractivity contribution in [2.75, 3.05) is 0 Å². The van der Waals surface area contributed by atoms with Gasteiger partial charge in [-0.3, -0.25) is 9.36 Å². The van der Waals surface area contributed by atoms with Gasteiger partial charge in [-0.25, -0.2) is 0 Å². The highest BCUT2D eigenvalue weighted by Gasteiger charge is 2.30. The molecule has 2 aromatic carbocycles. The summed E-state index contributed by atoms with van der Waals surface area (Å²) >= 11 is 0. The standard InChI is InChI=1S/C25H30N6/c1-24(2,18-30-15-22(26-28-30)20-11-7-5-8-12-20)17-25(3,4)19-31-16-23(27-29-31)21-13-9-6-10-14-21/h5-16H,17-19H2,1-4H3. The Labute approximate surface area is 183 Å². The molecule has 0 bridgehead atoms. The molecule has 0 saturated carbocycles. The van der Waals surface area contributed by atoms with Crippen molar-refractivity contribution in [3.63, 3.8) is 0 Å². The summed E-state index contributed by atoms with van der Waals surface area (Å²) in [7, 11) is 0. The van der Waals surface area contributed by atoms with Crippen LogP contribution in [0.1, 0.15) is 34.1 Å². The second-order valence-corrected chi connectivity index (χ2v) is 9.84. The number of benzene rings is 2. The van der Waals surface area contributed by atoms with Gasteiger partial charge in [0.15, 0.2) is 0 Å². The van der Waals surface area contributed by atoms with Crippen molar-refractivity contribution in [3.8, 4) is 22.5 Å². The predicted molar refractivity (Wildman–Crippen MR) is 123 cm³/mol. The first-order valence-electron chi connectivity index (χ1n) is 10.7. The second kappa shape index (κ2) is 8.46. The summed E-state index contributed by atoms with van der Waals surface area (Å²) in [4.78, 5) is 0. The normalized spacial score (nSPS) is 12.3. The highest BCUT2D eigenvalue weighted by molar-refractivity contribution is 5.57. The number of rotatable bonds is 8. The van der Waals surface area contributed by atoms with Crippen LogP contribution in [0.2, 0.25) is 0 Å². The summed E-state index contributed by atoms with van der Waals surface area (Å²) in [5, 5.41) is 17.4.